The van der Waals surface area contributed by atoms with Crippen LogP contribution in [-0.4, -0.2) is 11.1 Å². The summed E-state index contributed by atoms with van der Waals surface area (Å²) < 4.78 is 18.8. The maximum atomic E-state index is 13.0. The fourth-order valence-corrected chi connectivity index (χ4v) is 2.54. The van der Waals surface area contributed by atoms with Crippen LogP contribution in [0, 0.1) is 24.1 Å². The van der Waals surface area contributed by atoms with Gasteiger partial charge >= 0.3 is 5.97 Å². The van der Waals surface area contributed by atoms with Gasteiger partial charge in [0.1, 0.15) is 17.3 Å². The summed E-state index contributed by atoms with van der Waals surface area (Å²) in [7, 11) is 0. The van der Waals surface area contributed by atoms with Crippen LogP contribution in [0.4, 0.5) is 4.39 Å². The fraction of sp³-hybridized carbons (Fsp3) is 0.0476. The lowest BCUT2D eigenvalue weighted by Gasteiger charge is -2.03. The first-order valence-electron chi connectivity index (χ1n) is 7.80. The Hall–Kier alpha value is -3.65. The highest BCUT2D eigenvalue weighted by Crippen LogP contribution is 2.27. The number of nitrogens with zero attached hydrogens (tertiary/aromatic N) is 1. The first kappa shape index (κ1) is 17.2. The van der Waals surface area contributed by atoms with Crippen molar-refractivity contribution in [3.8, 4) is 17.4 Å². The molecule has 1 heterocycles. The van der Waals surface area contributed by atoms with Crippen LogP contribution in [0.2, 0.25) is 0 Å². The number of aromatic carboxylic acids is 1. The molecule has 3 rings (SSSR count). The summed E-state index contributed by atoms with van der Waals surface area (Å²) in [6.07, 6.45) is 1.56. The summed E-state index contributed by atoms with van der Waals surface area (Å²) >= 11 is 0. The zero-order chi connectivity index (χ0) is 18.7. The molecule has 0 spiro atoms. The van der Waals surface area contributed by atoms with Gasteiger partial charge < -0.3 is 9.52 Å². The Kier molecular flexibility index (Phi) is 4.68. The number of hydrogen-bond donors (Lipinski definition) is 1. The molecule has 0 fully saturated rings. The van der Waals surface area contributed by atoms with Crippen LogP contribution in [0.3, 0.4) is 0 Å². The zero-order valence-electron chi connectivity index (χ0n) is 13.9. The average Bonchev–Trinajstić information content (AvgIpc) is 3.09. The molecule has 0 unspecified atom stereocenters. The van der Waals surface area contributed by atoms with Crippen molar-refractivity contribution < 1.29 is 18.7 Å². The normalized spacial score (nSPS) is 11.2. The summed E-state index contributed by atoms with van der Waals surface area (Å²) in [5, 5.41) is 18.6. The third kappa shape index (κ3) is 3.55. The number of hydrogen-bond acceptors (Lipinski definition) is 3. The second-order valence-corrected chi connectivity index (χ2v) is 5.71. The number of carboxylic acid groups (broad SMARTS) is 1. The van der Waals surface area contributed by atoms with Gasteiger partial charge in [0, 0.05) is 5.56 Å². The van der Waals surface area contributed by atoms with Crippen molar-refractivity contribution in [1.82, 2.24) is 0 Å². The number of nitriles is 1. The van der Waals surface area contributed by atoms with E-state index in [1.807, 2.05) is 0 Å². The van der Waals surface area contributed by atoms with Gasteiger partial charge in [0.2, 0.25) is 0 Å². The molecule has 4 nitrogen and oxygen atoms in total. The lowest BCUT2D eigenvalue weighted by atomic mass is 10.0. The van der Waals surface area contributed by atoms with E-state index >= 15 is 0 Å². The number of halogens is 1. The molecule has 1 N–H and O–H groups in total. The highest BCUT2D eigenvalue weighted by atomic mass is 19.1. The molecule has 0 amide bonds. The maximum absolute atomic E-state index is 13.0. The molecule has 0 saturated heterocycles. The molecule has 0 saturated carbocycles. The Morgan fingerprint density at radius 3 is 2.54 bits per heavy atom. The second kappa shape index (κ2) is 7.08. The average molecular weight is 347 g/mol. The summed E-state index contributed by atoms with van der Waals surface area (Å²) in [4.78, 5) is 11.3. The Balaban J connectivity index is 1.95. The van der Waals surface area contributed by atoms with Crippen LogP contribution in [0.1, 0.15) is 27.2 Å². The standard InChI is InChI=1S/C21H14FNO3/c1-13-2-3-15(11-19(13)21(24)25)20-9-8-18(26-20)10-16(12-23)14-4-6-17(22)7-5-14/h2-11H,1H3,(H,24,25)/b16-10-. The van der Waals surface area contributed by atoms with Crippen molar-refractivity contribution in [3.63, 3.8) is 0 Å². The van der Waals surface area contributed by atoms with E-state index in [-0.39, 0.29) is 11.4 Å². The van der Waals surface area contributed by atoms with Gasteiger partial charge in [0.05, 0.1) is 17.2 Å². The van der Waals surface area contributed by atoms with E-state index in [2.05, 4.69) is 6.07 Å². The largest absolute Gasteiger partial charge is 0.478 e. The quantitative estimate of drug-likeness (QED) is 0.662. The number of rotatable bonds is 4. The highest BCUT2D eigenvalue weighted by Gasteiger charge is 2.11. The van der Waals surface area contributed by atoms with E-state index in [1.54, 1.807) is 43.3 Å². The smallest absolute Gasteiger partial charge is 0.335 e. The number of aryl methyl sites for hydroxylation is 1. The minimum absolute atomic E-state index is 0.208. The Morgan fingerprint density at radius 1 is 1.15 bits per heavy atom. The molecule has 0 radical (unpaired) electrons. The number of carbonyl (C=O) groups is 1. The Morgan fingerprint density at radius 2 is 1.88 bits per heavy atom. The molecule has 5 heteroatoms. The zero-order valence-corrected chi connectivity index (χ0v) is 13.9. The van der Waals surface area contributed by atoms with Gasteiger partial charge in [-0.25, -0.2) is 9.18 Å². The van der Waals surface area contributed by atoms with Gasteiger partial charge in [-0.15, -0.1) is 0 Å². The monoisotopic (exact) mass is 347 g/mol. The fourth-order valence-electron chi connectivity index (χ4n) is 2.54. The number of benzene rings is 2. The highest BCUT2D eigenvalue weighted by molar-refractivity contribution is 5.91. The van der Waals surface area contributed by atoms with Crippen LogP contribution >= 0.6 is 0 Å². The third-order valence-electron chi connectivity index (χ3n) is 3.94. The maximum Gasteiger partial charge on any atom is 0.335 e. The van der Waals surface area contributed by atoms with Gasteiger partial charge in [-0.05, 0) is 54.5 Å². The Bertz CT molecular complexity index is 1040. The number of furan rings is 1. The molecule has 0 atom stereocenters. The molecule has 0 aliphatic carbocycles. The van der Waals surface area contributed by atoms with Crippen molar-refractivity contribution in [2.24, 2.45) is 0 Å². The second-order valence-electron chi connectivity index (χ2n) is 5.71. The summed E-state index contributed by atoms with van der Waals surface area (Å²) in [5.74, 6) is -0.437. The van der Waals surface area contributed by atoms with E-state index in [4.69, 9.17) is 4.42 Å². The van der Waals surface area contributed by atoms with E-state index < -0.39 is 5.97 Å². The van der Waals surface area contributed by atoms with Crippen molar-refractivity contribution in [2.75, 3.05) is 0 Å². The number of allylic oxidation sites excluding steroid dienone is 1. The first-order chi connectivity index (χ1) is 12.5. The van der Waals surface area contributed by atoms with E-state index in [0.717, 1.165) is 0 Å². The topological polar surface area (TPSA) is 74.2 Å². The van der Waals surface area contributed by atoms with Crippen molar-refractivity contribution in [3.05, 3.63) is 82.9 Å². The first-order valence-corrected chi connectivity index (χ1v) is 7.80. The van der Waals surface area contributed by atoms with Gasteiger partial charge in [-0.1, -0.05) is 24.3 Å². The number of carboxylic acids is 1. The molecule has 128 valence electrons. The van der Waals surface area contributed by atoms with E-state index in [0.29, 0.717) is 33.8 Å². The summed E-state index contributed by atoms with van der Waals surface area (Å²) in [6, 6.07) is 16.1. The van der Waals surface area contributed by atoms with Crippen molar-refractivity contribution in [2.45, 2.75) is 6.92 Å². The molecule has 1 aromatic heterocycles. The molecule has 0 aliphatic rings. The predicted molar refractivity (Wildman–Crippen MR) is 95.7 cm³/mol. The van der Waals surface area contributed by atoms with Gasteiger partial charge in [-0.3, -0.25) is 0 Å². The van der Waals surface area contributed by atoms with E-state index in [1.165, 1.54) is 24.3 Å². The van der Waals surface area contributed by atoms with Crippen LogP contribution < -0.4 is 0 Å². The third-order valence-corrected chi connectivity index (χ3v) is 3.94. The summed E-state index contributed by atoms with van der Waals surface area (Å²) in [6.45, 7) is 1.73. The molecular weight excluding hydrogens is 333 g/mol. The van der Waals surface area contributed by atoms with Crippen LogP contribution in [0.5, 0.6) is 0 Å². The predicted octanol–water partition coefficient (Wildman–Crippen LogP) is 5.16. The summed E-state index contributed by atoms with van der Waals surface area (Å²) in [5.41, 5.74) is 2.42. The lowest BCUT2D eigenvalue weighted by Crippen LogP contribution is -1.99. The molecule has 0 bridgehead atoms. The Labute approximate surface area is 149 Å². The lowest BCUT2D eigenvalue weighted by molar-refractivity contribution is 0.0696. The van der Waals surface area contributed by atoms with Crippen LogP contribution in [0.25, 0.3) is 23.0 Å². The van der Waals surface area contributed by atoms with Gasteiger partial charge in [0.15, 0.2) is 0 Å². The molecular formula is C21H14FNO3. The molecule has 2 aromatic carbocycles. The molecule has 26 heavy (non-hydrogen) atoms. The SMILES string of the molecule is Cc1ccc(-c2ccc(/C=C(/C#N)c3ccc(F)cc3)o2)cc1C(=O)O. The van der Waals surface area contributed by atoms with Crippen LogP contribution in [-0.2, 0) is 0 Å². The minimum Gasteiger partial charge on any atom is -0.478 e. The molecule has 3 aromatic rings. The van der Waals surface area contributed by atoms with Crippen molar-refractivity contribution in [1.29, 1.82) is 5.26 Å². The van der Waals surface area contributed by atoms with Gasteiger partial charge in [-0.2, -0.15) is 5.26 Å². The van der Waals surface area contributed by atoms with Crippen LogP contribution in [0.15, 0.2) is 59.0 Å². The minimum atomic E-state index is -1.00. The van der Waals surface area contributed by atoms with E-state index in [9.17, 15) is 19.6 Å². The molecule has 0 aliphatic heterocycles. The van der Waals surface area contributed by atoms with Gasteiger partial charge in [0.25, 0.3) is 0 Å². The van der Waals surface area contributed by atoms with Crippen molar-refractivity contribution >= 4 is 17.6 Å².